The summed E-state index contributed by atoms with van der Waals surface area (Å²) in [6.07, 6.45) is 0. The van der Waals surface area contributed by atoms with Crippen LogP contribution in [0.1, 0.15) is 19.4 Å². The van der Waals surface area contributed by atoms with E-state index in [0.717, 1.165) is 10.5 Å². The maximum atomic E-state index is 12.1. The van der Waals surface area contributed by atoms with E-state index in [2.05, 4.69) is 10.6 Å². The highest BCUT2D eigenvalue weighted by molar-refractivity contribution is 6.31. The highest BCUT2D eigenvalue weighted by atomic mass is 35.5. The minimum absolute atomic E-state index is 0.0274. The summed E-state index contributed by atoms with van der Waals surface area (Å²) in [5, 5.41) is 5.73. The molecule has 1 atom stereocenters. The summed E-state index contributed by atoms with van der Waals surface area (Å²) in [5.41, 5.74) is 1.42. The van der Waals surface area contributed by atoms with Gasteiger partial charge in [-0.15, -0.1) is 0 Å². The molecule has 0 aliphatic carbocycles. The van der Waals surface area contributed by atoms with Gasteiger partial charge >= 0.3 is 6.03 Å². The van der Waals surface area contributed by atoms with Crippen molar-refractivity contribution in [2.75, 3.05) is 11.9 Å². The molecule has 1 saturated heterocycles. The van der Waals surface area contributed by atoms with Crippen molar-refractivity contribution in [3.63, 3.8) is 0 Å². The van der Waals surface area contributed by atoms with Crippen LogP contribution < -0.4 is 10.6 Å². The molecule has 1 aromatic rings. The van der Waals surface area contributed by atoms with E-state index in [9.17, 15) is 14.4 Å². The number of carbonyl (C=O) groups is 3. The van der Waals surface area contributed by atoms with E-state index in [1.165, 1.54) is 0 Å². The summed E-state index contributed by atoms with van der Waals surface area (Å²) >= 11 is 5.99. The van der Waals surface area contributed by atoms with E-state index in [0.29, 0.717) is 10.7 Å². The SMILES string of the molecule is Cc1ccc(NC(=O)CN2C(=O)NC(C(C)C)C2=O)cc1Cl. The zero-order chi connectivity index (χ0) is 16.4. The number of aryl methyl sites for hydroxylation is 1. The first-order chi connectivity index (χ1) is 10.3. The molecule has 7 heteroatoms. The van der Waals surface area contributed by atoms with Gasteiger partial charge in [0.05, 0.1) is 0 Å². The Bertz CT molecular complexity index is 630. The summed E-state index contributed by atoms with van der Waals surface area (Å²) in [7, 11) is 0. The Kier molecular flexibility index (Phi) is 4.71. The Labute approximate surface area is 133 Å². The van der Waals surface area contributed by atoms with Crippen LogP contribution in [0.25, 0.3) is 0 Å². The first kappa shape index (κ1) is 16.3. The Hall–Kier alpha value is -2.08. The molecule has 1 aromatic carbocycles. The van der Waals surface area contributed by atoms with Crippen LogP contribution in [-0.4, -0.2) is 35.3 Å². The first-order valence-corrected chi connectivity index (χ1v) is 7.35. The van der Waals surface area contributed by atoms with Crippen molar-refractivity contribution in [1.29, 1.82) is 0 Å². The van der Waals surface area contributed by atoms with E-state index in [4.69, 9.17) is 11.6 Å². The highest BCUT2D eigenvalue weighted by Gasteiger charge is 2.40. The Morgan fingerprint density at radius 1 is 1.41 bits per heavy atom. The smallest absolute Gasteiger partial charge is 0.325 e. The molecule has 0 bridgehead atoms. The molecule has 2 N–H and O–H groups in total. The lowest BCUT2D eigenvalue weighted by molar-refractivity contribution is -0.131. The third-order valence-electron chi connectivity index (χ3n) is 3.48. The average Bonchev–Trinajstić information content (AvgIpc) is 2.71. The number of hydrogen-bond acceptors (Lipinski definition) is 3. The number of hydrogen-bond donors (Lipinski definition) is 2. The monoisotopic (exact) mass is 323 g/mol. The molecule has 6 nitrogen and oxygen atoms in total. The second-order valence-corrected chi connectivity index (χ2v) is 6.01. The Balaban J connectivity index is 2.01. The average molecular weight is 324 g/mol. The number of benzene rings is 1. The van der Waals surface area contributed by atoms with Crippen LogP contribution in [0.5, 0.6) is 0 Å². The van der Waals surface area contributed by atoms with Gasteiger partial charge in [0.1, 0.15) is 12.6 Å². The van der Waals surface area contributed by atoms with Crippen molar-refractivity contribution in [3.8, 4) is 0 Å². The number of anilines is 1. The molecule has 1 heterocycles. The summed E-state index contributed by atoms with van der Waals surface area (Å²) < 4.78 is 0. The molecule has 0 aromatic heterocycles. The van der Waals surface area contributed by atoms with E-state index in [-0.39, 0.29) is 18.4 Å². The van der Waals surface area contributed by atoms with Gasteiger partial charge in [-0.3, -0.25) is 14.5 Å². The molecular formula is C15H18ClN3O3. The van der Waals surface area contributed by atoms with Gasteiger partial charge < -0.3 is 10.6 Å². The molecule has 0 radical (unpaired) electrons. The molecule has 4 amide bonds. The topological polar surface area (TPSA) is 78.5 Å². The van der Waals surface area contributed by atoms with Gasteiger partial charge in [-0.25, -0.2) is 4.79 Å². The number of halogens is 1. The minimum Gasteiger partial charge on any atom is -0.326 e. The molecule has 118 valence electrons. The third-order valence-corrected chi connectivity index (χ3v) is 3.89. The number of nitrogens with zero attached hydrogens (tertiary/aromatic N) is 1. The Morgan fingerprint density at radius 3 is 2.64 bits per heavy atom. The van der Waals surface area contributed by atoms with Crippen LogP contribution in [0.3, 0.4) is 0 Å². The zero-order valence-electron chi connectivity index (χ0n) is 12.6. The normalized spacial score (nSPS) is 17.9. The van der Waals surface area contributed by atoms with E-state index < -0.39 is 18.0 Å². The maximum absolute atomic E-state index is 12.1. The predicted molar refractivity (Wildman–Crippen MR) is 83.7 cm³/mol. The van der Waals surface area contributed by atoms with Gasteiger partial charge in [0, 0.05) is 10.7 Å². The van der Waals surface area contributed by atoms with Gasteiger partial charge in [-0.1, -0.05) is 31.5 Å². The van der Waals surface area contributed by atoms with Crippen molar-refractivity contribution in [3.05, 3.63) is 28.8 Å². The highest BCUT2D eigenvalue weighted by Crippen LogP contribution is 2.20. The molecular weight excluding hydrogens is 306 g/mol. The third kappa shape index (κ3) is 3.39. The van der Waals surface area contributed by atoms with Crippen LogP contribution in [0.15, 0.2) is 18.2 Å². The molecule has 22 heavy (non-hydrogen) atoms. The number of imide groups is 1. The number of nitrogens with one attached hydrogen (secondary N) is 2. The summed E-state index contributed by atoms with van der Waals surface area (Å²) in [6, 6.07) is 4.00. The zero-order valence-corrected chi connectivity index (χ0v) is 13.4. The Morgan fingerprint density at radius 2 is 2.09 bits per heavy atom. The second-order valence-electron chi connectivity index (χ2n) is 5.61. The quantitative estimate of drug-likeness (QED) is 0.833. The number of amides is 4. The molecule has 2 rings (SSSR count). The fraction of sp³-hybridized carbons (Fsp3) is 0.400. The van der Waals surface area contributed by atoms with Crippen LogP contribution in [-0.2, 0) is 9.59 Å². The fourth-order valence-corrected chi connectivity index (χ4v) is 2.34. The number of rotatable bonds is 4. The predicted octanol–water partition coefficient (Wildman–Crippen LogP) is 2.16. The molecule has 0 spiro atoms. The molecule has 1 aliphatic rings. The number of urea groups is 1. The van der Waals surface area contributed by atoms with Crippen molar-refractivity contribution in [2.45, 2.75) is 26.8 Å². The standard InChI is InChI=1S/C15H18ClN3O3/c1-8(2)13-14(21)19(15(22)18-13)7-12(20)17-10-5-4-9(3)11(16)6-10/h4-6,8,13H,7H2,1-3H3,(H,17,20)(H,18,22). The summed E-state index contributed by atoms with van der Waals surface area (Å²) in [6.45, 7) is 5.20. The second kappa shape index (κ2) is 6.36. The van der Waals surface area contributed by atoms with Crippen molar-refractivity contribution in [1.82, 2.24) is 10.2 Å². The van der Waals surface area contributed by atoms with Crippen LogP contribution in [0.2, 0.25) is 5.02 Å². The summed E-state index contributed by atoms with van der Waals surface area (Å²) in [4.78, 5) is 36.8. The molecule has 0 saturated carbocycles. The van der Waals surface area contributed by atoms with Gasteiger partial charge in [0.15, 0.2) is 0 Å². The van der Waals surface area contributed by atoms with E-state index >= 15 is 0 Å². The van der Waals surface area contributed by atoms with Crippen LogP contribution in [0.4, 0.5) is 10.5 Å². The van der Waals surface area contributed by atoms with E-state index in [1.807, 2.05) is 20.8 Å². The van der Waals surface area contributed by atoms with Gasteiger partial charge in [-0.2, -0.15) is 0 Å². The fourth-order valence-electron chi connectivity index (χ4n) is 2.16. The minimum atomic E-state index is -0.575. The van der Waals surface area contributed by atoms with Crippen molar-refractivity contribution >= 4 is 35.1 Å². The molecule has 1 fully saturated rings. The van der Waals surface area contributed by atoms with Crippen molar-refractivity contribution in [2.24, 2.45) is 5.92 Å². The van der Waals surface area contributed by atoms with Gasteiger partial charge in [-0.05, 0) is 30.5 Å². The van der Waals surface area contributed by atoms with Crippen LogP contribution >= 0.6 is 11.6 Å². The maximum Gasteiger partial charge on any atom is 0.325 e. The van der Waals surface area contributed by atoms with Gasteiger partial charge in [0.2, 0.25) is 5.91 Å². The largest absolute Gasteiger partial charge is 0.326 e. The lowest BCUT2D eigenvalue weighted by Crippen LogP contribution is -2.39. The lowest BCUT2D eigenvalue weighted by atomic mass is 10.1. The van der Waals surface area contributed by atoms with Gasteiger partial charge in [0.25, 0.3) is 5.91 Å². The first-order valence-electron chi connectivity index (χ1n) is 6.97. The van der Waals surface area contributed by atoms with E-state index in [1.54, 1.807) is 18.2 Å². The molecule has 1 aliphatic heterocycles. The van der Waals surface area contributed by atoms with Crippen LogP contribution in [0, 0.1) is 12.8 Å². The molecule has 1 unspecified atom stereocenters. The number of carbonyl (C=O) groups excluding carboxylic acids is 3. The lowest BCUT2D eigenvalue weighted by Gasteiger charge is -2.14. The summed E-state index contributed by atoms with van der Waals surface area (Å²) in [5.74, 6) is -0.856. The van der Waals surface area contributed by atoms with Crippen molar-refractivity contribution < 1.29 is 14.4 Å².